The molecule has 0 radical (unpaired) electrons. The maximum Gasteiger partial charge on any atom is 0.0682 e. The number of methoxy groups -OCH3 is 1. The number of hydrogen-bond acceptors (Lipinski definition) is 2. The molecule has 0 aromatic heterocycles. The molecule has 0 amide bonds. The van der Waals surface area contributed by atoms with Crippen molar-refractivity contribution < 1.29 is 4.74 Å². The van der Waals surface area contributed by atoms with Gasteiger partial charge in [0.25, 0.3) is 0 Å². The van der Waals surface area contributed by atoms with Crippen LogP contribution >= 0.6 is 23.2 Å². The Bertz CT molecular complexity index is 474. The minimum atomic E-state index is 0.518. The van der Waals surface area contributed by atoms with Crippen LogP contribution in [0.15, 0.2) is 30.4 Å². The molecule has 0 aliphatic rings. The summed E-state index contributed by atoms with van der Waals surface area (Å²) in [6.45, 7) is 5.70. The van der Waals surface area contributed by atoms with Crippen molar-refractivity contribution in [3.8, 4) is 11.8 Å². The highest BCUT2D eigenvalue weighted by atomic mass is 35.5. The van der Waals surface area contributed by atoms with Gasteiger partial charge in [-0.25, -0.2) is 0 Å². The van der Waals surface area contributed by atoms with E-state index in [4.69, 9.17) is 27.9 Å². The van der Waals surface area contributed by atoms with Crippen molar-refractivity contribution in [2.24, 2.45) is 0 Å². The number of ether oxygens (including phenoxy) is 1. The standard InChI is InChI=1S/C14H15Cl2NO/c1-11(10-18-2)9-17-7-3-4-12-5-6-13(15)14(16)8-12/h5-6,8,17H,1,7,9-10H2,2H3. The van der Waals surface area contributed by atoms with Crippen LogP contribution in [-0.4, -0.2) is 26.8 Å². The van der Waals surface area contributed by atoms with Gasteiger partial charge < -0.3 is 10.1 Å². The lowest BCUT2D eigenvalue weighted by atomic mass is 10.2. The summed E-state index contributed by atoms with van der Waals surface area (Å²) in [5.41, 5.74) is 1.84. The number of nitrogens with one attached hydrogen (secondary N) is 1. The first-order valence-electron chi connectivity index (χ1n) is 5.43. The van der Waals surface area contributed by atoms with Gasteiger partial charge in [0, 0.05) is 19.2 Å². The maximum absolute atomic E-state index is 5.89. The Kier molecular flexibility index (Phi) is 6.85. The van der Waals surface area contributed by atoms with Gasteiger partial charge in [-0.2, -0.15) is 0 Å². The monoisotopic (exact) mass is 283 g/mol. The van der Waals surface area contributed by atoms with Crippen LogP contribution in [-0.2, 0) is 4.74 Å². The number of benzene rings is 1. The molecule has 0 spiro atoms. The second kappa shape index (κ2) is 8.18. The van der Waals surface area contributed by atoms with Gasteiger partial charge in [0.2, 0.25) is 0 Å². The molecular weight excluding hydrogens is 269 g/mol. The largest absolute Gasteiger partial charge is 0.380 e. The summed E-state index contributed by atoms with van der Waals surface area (Å²) in [4.78, 5) is 0. The van der Waals surface area contributed by atoms with E-state index < -0.39 is 0 Å². The van der Waals surface area contributed by atoms with Gasteiger partial charge in [0.05, 0.1) is 23.2 Å². The maximum atomic E-state index is 5.89. The molecule has 2 nitrogen and oxygen atoms in total. The van der Waals surface area contributed by atoms with Crippen LogP contribution in [0.4, 0.5) is 0 Å². The zero-order valence-electron chi connectivity index (χ0n) is 10.2. The van der Waals surface area contributed by atoms with Crippen LogP contribution in [0.1, 0.15) is 5.56 Å². The summed E-state index contributed by atoms with van der Waals surface area (Å²) in [6, 6.07) is 5.33. The Morgan fingerprint density at radius 3 is 2.83 bits per heavy atom. The SMILES string of the molecule is C=C(CNCC#Cc1ccc(Cl)c(Cl)c1)COC. The highest BCUT2D eigenvalue weighted by Crippen LogP contribution is 2.21. The summed E-state index contributed by atoms with van der Waals surface area (Å²) in [5.74, 6) is 6.00. The normalized spacial score (nSPS) is 9.72. The summed E-state index contributed by atoms with van der Waals surface area (Å²) in [7, 11) is 1.65. The van der Waals surface area contributed by atoms with Crippen molar-refractivity contribution in [1.82, 2.24) is 5.32 Å². The van der Waals surface area contributed by atoms with E-state index in [9.17, 15) is 0 Å². The fourth-order valence-corrected chi connectivity index (χ4v) is 1.58. The molecular formula is C14H15Cl2NO. The minimum Gasteiger partial charge on any atom is -0.380 e. The second-order valence-electron chi connectivity index (χ2n) is 3.72. The summed E-state index contributed by atoms with van der Waals surface area (Å²) < 4.78 is 4.95. The van der Waals surface area contributed by atoms with E-state index in [0.717, 1.165) is 11.1 Å². The highest BCUT2D eigenvalue weighted by molar-refractivity contribution is 6.42. The minimum absolute atomic E-state index is 0.518. The number of halogens is 2. The van der Waals surface area contributed by atoms with E-state index in [-0.39, 0.29) is 0 Å². The van der Waals surface area contributed by atoms with Crippen molar-refractivity contribution in [3.05, 3.63) is 46.0 Å². The molecule has 96 valence electrons. The van der Waals surface area contributed by atoms with Crippen LogP contribution in [0.3, 0.4) is 0 Å². The van der Waals surface area contributed by atoms with Crippen molar-refractivity contribution in [2.45, 2.75) is 0 Å². The molecule has 0 bridgehead atoms. The zero-order chi connectivity index (χ0) is 13.4. The molecule has 0 unspecified atom stereocenters. The first kappa shape index (κ1) is 15.1. The molecule has 0 fully saturated rings. The Morgan fingerprint density at radius 2 is 2.17 bits per heavy atom. The van der Waals surface area contributed by atoms with Crippen LogP contribution < -0.4 is 5.32 Å². The second-order valence-corrected chi connectivity index (χ2v) is 4.53. The average molecular weight is 284 g/mol. The smallest absolute Gasteiger partial charge is 0.0682 e. The first-order chi connectivity index (χ1) is 8.63. The average Bonchev–Trinajstić information content (AvgIpc) is 2.33. The van der Waals surface area contributed by atoms with E-state index in [0.29, 0.717) is 29.7 Å². The van der Waals surface area contributed by atoms with E-state index in [1.54, 1.807) is 19.2 Å². The fourth-order valence-electron chi connectivity index (χ4n) is 1.28. The topological polar surface area (TPSA) is 21.3 Å². The summed E-state index contributed by atoms with van der Waals surface area (Å²) >= 11 is 11.7. The molecule has 0 saturated heterocycles. The molecule has 0 heterocycles. The van der Waals surface area contributed by atoms with Gasteiger partial charge in [-0.15, -0.1) is 0 Å². The Morgan fingerprint density at radius 1 is 1.39 bits per heavy atom. The van der Waals surface area contributed by atoms with Crippen molar-refractivity contribution in [2.75, 3.05) is 26.8 Å². The Labute approximate surface area is 118 Å². The third-order valence-corrected chi connectivity index (χ3v) is 2.83. The molecule has 4 heteroatoms. The van der Waals surface area contributed by atoms with Gasteiger partial charge >= 0.3 is 0 Å². The lowest BCUT2D eigenvalue weighted by molar-refractivity contribution is 0.224. The van der Waals surface area contributed by atoms with E-state index in [2.05, 4.69) is 23.7 Å². The lowest BCUT2D eigenvalue weighted by Crippen LogP contribution is -2.18. The first-order valence-corrected chi connectivity index (χ1v) is 6.19. The molecule has 0 aliphatic carbocycles. The molecule has 1 aromatic carbocycles. The number of hydrogen-bond donors (Lipinski definition) is 1. The number of rotatable bonds is 5. The quantitative estimate of drug-likeness (QED) is 0.509. The zero-order valence-corrected chi connectivity index (χ0v) is 11.7. The van der Waals surface area contributed by atoms with Crippen molar-refractivity contribution in [1.29, 1.82) is 0 Å². The van der Waals surface area contributed by atoms with Crippen LogP contribution in [0.2, 0.25) is 10.0 Å². The summed E-state index contributed by atoms with van der Waals surface area (Å²) in [6.07, 6.45) is 0. The third kappa shape index (κ3) is 5.57. The highest BCUT2D eigenvalue weighted by Gasteiger charge is 1.96. The predicted octanol–water partition coefficient (Wildman–Crippen LogP) is 3.14. The van der Waals surface area contributed by atoms with E-state index >= 15 is 0 Å². The third-order valence-electron chi connectivity index (χ3n) is 2.09. The van der Waals surface area contributed by atoms with Crippen LogP contribution in [0.25, 0.3) is 0 Å². The van der Waals surface area contributed by atoms with Crippen LogP contribution in [0, 0.1) is 11.8 Å². The molecule has 0 aliphatic heterocycles. The Balaban J connectivity index is 2.37. The Hall–Kier alpha value is -0.980. The van der Waals surface area contributed by atoms with Gasteiger partial charge in [0.1, 0.15) is 0 Å². The molecule has 0 saturated carbocycles. The molecule has 18 heavy (non-hydrogen) atoms. The summed E-state index contributed by atoms with van der Waals surface area (Å²) in [5, 5.41) is 4.21. The van der Waals surface area contributed by atoms with Gasteiger partial charge in [-0.3, -0.25) is 0 Å². The van der Waals surface area contributed by atoms with Gasteiger partial charge in [-0.1, -0.05) is 41.6 Å². The van der Waals surface area contributed by atoms with Crippen molar-refractivity contribution in [3.63, 3.8) is 0 Å². The molecule has 1 N–H and O–H groups in total. The van der Waals surface area contributed by atoms with Gasteiger partial charge in [0.15, 0.2) is 0 Å². The van der Waals surface area contributed by atoms with Gasteiger partial charge in [-0.05, 0) is 23.8 Å². The van der Waals surface area contributed by atoms with E-state index in [1.165, 1.54) is 0 Å². The molecule has 1 aromatic rings. The molecule has 1 rings (SSSR count). The predicted molar refractivity (Wildman–Crippen MR) is 77.2 cm³/mol. The fraction of sp³-hybridized carbons (Fsp3) is 0.286. The van der Waals surface area contributed by atoms with E-state index in [1.807, 2.05) is 6.07 Å². The van der Waals surface area contributed by atoms with Crippen molar-refractivity contribution >= 4 is 23.2 Å². The molecule has 0 atom stereocenters. The lowest BCUT2D eigenvalue weighted by Gasteiger charge is -2.03. The van der Waals surface area contributed by atoms with Crippen LogP contribution in [0.5, 0.6) is 0 Å².